The molecule has 0 radical (unpaired) electrons. The average Bonchev–Trinajstić information content (AvgIpc) is 3.04. The number of aromatic nitrogens is 1. The van der Waals surface area contributed by atoms with E-state index in [0.717, 1.165) is 0 Å². The maximum atomic E-state index is 12.2. The van der Waals surface area contributed by atoms with Crippen LogP contribution in [0.25, 0.3) is 10.6 Å². The lowest BCUT2D eigenvalue weighted by Gasteiger charge is -2.14. The van der Waals surface area contributed by atoms with Gasteiger partial charge < -0.3 is 21.5 Å². The fourth-order valence-electron chi connectivity index (χ4n) is 2.39. The van der Waals surface area contributed by atoms with Crippen LogP contribution in [0.4, 0.5) is 4.79 Å². The maximum Gasteiger partial charge on any atom is 0.326 e. The molecular weight excluding hydrogens is 427 g/mol. The Morgan fingerprint density at radius 1 is 1.25 bits per heavy atom. The van der Waals surface area contributed by atoms with E-state index in [-0.39, 0.29) is 19.4 Å². The van der Waals surface area contributed by atoms with Crippen LogP contribution >= 0.6 is 34.5 Å². The Balaban J connectivity index is 1.96. The van der Waals surface area contributed by atoms with Gasteiger partial charge in [0.25, 0.3) is 0 Å². The van der Waals surface area contributed by atoms with E-state index in [4.69, 9.17) is 28.9 Å². The molecule has 11 heteroatoms. The van der Waals surface area contributed by atoms with Crippen molar-refractivity contribution in [3.05, 3.63) is 39.3 Å². The number of amides is 3. The number of thiazole rings is 1. The largest absolute Gasteiger partial charge is 0.480 e. The molecule has 0 bridgehead atoms. The van der Waals surface area contributed by atoms with Crippen LogP contribution in [0.15, 0.2) is 23.6 Å². The lowest BCUT2D eigenvalue weighted by atomic mass is 10.1. The number of nitrogens with two attached hydrogens (primary N) is 1. The smallest absolute Gasteiger partial charge is 0.326 e. The van der Waals surface area contributed by atoms with Gasteiger partial charge in [0.15, 0.2) is 0 Å². The van der Waals surface area contributed by atoms with Crippen LogP contribution in [-0.4, -0.2) is 40.6 Å². The van der Waals surface area contributed by atoms with E-state index in [2.05, 4.69) is 15.6 Å². The second kappa shape index (κ2) is 10.3. The van der Waals surface area contributed by atoms with Gasteiger partial charge in [0.05, 0.1) is 22.2 Å². The third kappa shape index (κ3) is 6.36. The highest BCUT2D eigenvalue weighted by molar-refractivity contribution is 7.13. The number of hydrogen-bond acceptors (Lipinski definition) is 5. The molecule has 1 atom stereocenters. The van der Waals surface area contributed by atoms with Crippen LogP contribution in [0.2, 0.25) is 10.0 Å². The van der Waals surface area contributed by atoms with Gasteiger partial charge in [-0.1, -0.05) is 29.3 Å². The molecule has 2 rings (SSSR count). The van der Waals surface area contributed by atoms with Gasteiger partial charge in [0, 0.05) is 17.5 Å². The van der Waals surface area contributed by atoms with Gasteiger partial charge in [-0.2, -0.15) is 0 Å². The Labute approximate surface area is 175 Å². The average molecular weight is 445 g/mol. The summed E-state index contributed by atoms with van der Waals surface area (Å²) in [5.41, 5.74) is 6.01. The van der Waals surface area contributed by atoms with Crippen LogP contribution in [0.5, 0.6) is 0 Å². The number of aliphatic carboxylic acids is 1. The Bertz CT molecular complexity index is 854. The SMILES string of the molecule is NC(=O)NCCC[C@@H](NC(=O)Cc1csc(-c2c(Cl)cccc2Cl)n1)C(=O)O. The minimum Gasteiger partial charge on any atom is -0.480 e. The molecule has 28 heavy (non-hydrogen) atoms. The summed E-state index contributed by atoms with van der Waals surface area (Å²) in [6.45, 7) is 0.225. The van der Waals surface area contributed by atoms with Crippen molar-refractivity contribution in [2.45, 2.75) is 25.3 Å². The van der Waals surface area contributed by atoms with Gasteiger partial charge in [-0.05, 0) is 25.0 Å². The van der Waals surface area contributed by atoms with Crippen molar-refractivity contribution in [2.24, 2.45) is 5.73 Å². The van der Waals surface area contributed by atoms with Gasteiger partial charge in [0.1, 0.15) is 11.0 Å². The quantitative estimate of drug-likeness (QED) is 0.441. The Hall–Kier alpha value is -2.36. The second-order valence-corrected chi connectivity index (χ2v) is 7.48. The number of carboxylic acids is 1. The number of carbonyl (C=O) groups is 3. The van der Waals surface area contributed by atoms with E-state index in [1.807, 2.05) is 0 Å². The molecule has 0 saturated heterocycles. The third-order valence-electron chi connectivity index (χ3n) is 3.67. The number of carboxylic acid groups (broad SMARTS) is 1. The number of rotatable bonds is 9. The Morgan fingerprint density at radius 3 is 2.54 bits per heavy atom. The molecule has 5 N–H and O–H groups in total. The van der Waals surface area contributed by atoms with E-state index >= 15 is 0 Å². The van der Waals surface area contributed by atoms with Crippen molar-refractivity contribution in [3.63, 3.8) is 0 Å². The number of hydrogen-bond donors (Lipinski definition) is 4. The summed E-state index contributed by atoms with van der Waals surface area (Å²) in [5.74, 6) is -1.63. The number of halogens is 2. The van der Waals surface area contributed by atoms with Crippen LogP contribution in [0.3, 0.4) is 0 Å². The Morgan fingerprint density at radius 2 is 1.93 bits per heavy atom. The first kappa shape index (κ1) is 21.9. The highest BCUT2D eigenvalue weighted by Gasteiger charge is 2.20. The molecule has 0 aliphatic rings. The van der Waals surface area contributed by atoms with Gasteiger partial charge >= 0.3 is 12.0 Å². The molecule has 0 saturated carbocycles. The number of carbonyl (C=O) groups excluding carboxylic acids is 2. The standard InChI is InChI=1S/C17H18Cl2N4O4S/c18-10-3-1-4-11(19)14(10)15-22-9(8-28-15)7-13(24)23-12(16(25)26)5-2-6-21-17(20)27/h1,3-4,8,12H,2,5-7H2,(H,23,24)(H,25,26)(H3,20,21,27)/t12-/m1/s1. The molecule has 1 aromatic heterocycles. The fourth-order valence-corrected chi connectivity index (χ4v) is 3.97. The molecule has 0 spiro atoms. The van der Waals surface area contributed by atoms with Crippen LogP contribution in [-0.2, 0) is 16.0 Å². The molecule has 150 valence electrons. The molecule has 1 aromatic carbocycles. The third-order valence-corrected chi connectivity index (χ3v) is 5.21. The van der Waals surface area contributed by atoms with Crippen molar-refractivity contribution in [2.75, 3.05) is 6.54 Å². The molecule has 8 nitrogen and oxygen atoms in total. The van der Waals surface area contributed by atoms with Crippen LogP contribution < -0.4 is 16.4 Å². The summed E-state index contributed by atoms with van der Waals surface area (Å²) in [4.78, 5) is 38.5. The summed E-state index contributed by atoms with van der Waals surface area (Å²) in [5, 5.41) is 17.2. The first-order valence-corrected chi connectivity index (χ1v) is 9.85. The molecule has 0 aliphatic carbocycles. The summed E-state index contributed by atoms with van der Waals surface area (Å²) in [7, 11) is 0. The number of benzene rings is 1. The fraction of sp³-hybridized carbons (Fsp3) is 0.294. The highest BCUT2D eigenvalue weighted by Crippen LogP contribution is 2.36. The molecular formula is C17H18Cl2N4O4S. The van der Waals surface area contributed by atoms with Crippen molar-refractivity contribution < 1.29 is 19.5 Å². The number of urea groups is 1. The molecule has 0 fully saturated rings. The molecule has 0 unspecified atom stereocenters. The van der Waals surface area contributed by atoms with Crippen molar-refractivity contribution >= 4 is 52.4 Å². The lowest BCUT2D eigenvalue weighted by molar-refractivity contribution is -0.141. The molecule has 0 aliphatic heterocycles. The second-order valence-electron chi connectivity index (χ2n) is 5.81. The van der Waals surface area contributed by atoms with Crippen molar-refractivity contribution in [1.29, 1.82) is 0 Å². The maximum absolute atomic E-state index is 12.2. The number of nitrogens with one attached hydrogen (secondary N) is 2. The molecule has 3 amide bonds. The lowest BCUT2D eigenvalue weighted by Crippen LogP contribution is -2.42. The van der Waals surface area contributed by atoms with E-state index in [9.17, 15) is 19.5 Å². The van der Waals surface area contributed by atoms with Crippen molar-refractivity contribution in [3.8, 4) is 10.6 Å². The van der Waals surface area contributed by atoms with E-state index in [1.165, 1.54) is 11.3 Å². The predicted octanol–water partition coefficient (Wildman–Crippen LogP) is 2.68. The first-order chi connectivity index (χ1) is 13.3. The van der Waals surface area contributed by atoms with Crippen LogP contribution in [0.1, 0.15) is 18.5 Å². The first-order valence-electron chi connectivity index (χ1n) is 8.22. The van der Waals surface area contributed by atoms with Gasteiger partial charge in [-0.25, -0.2) is 14.6 Å². The number of primary amides is 1. The predicted molar refractivity (Wildman–Crippen MR) is 108 cm³/mol. The van der Waals surface area contributed by atoms with E-state index in [1.54, 1.807) is 23.6 Å². The topological polar surface area (TPSA) is 134 Å². The molecule has 2 aromatic rings. The van der Waals surface area contributed by atoms with E-state index < -0.39 is 23.9 Å². The Kier molecular flexibility index (Phi) is 8.04. The van der Waals surface area contributed by atoms with Gasteiger partial charge in [0.2, 0.25) is 5.91 Å². The van der Waals surface area contributed by atoms with Gasteiger partial charge in [-0.15, -0.1) is 11.3 Å². The minimum absolute atomic E-state index is 0.0815. The van der Waals surface area contributed by atoms with Crippen molar-refractivity contribution in [1.82, 2.24) is 15.6 Å². The zero-order chi connectivity index (χ0) is 20.7. The summed E-state index contributed by atoms with van der Waals surface area (Å²) in [6.07, 6.45) is 0.423. The highest BCUT2D eigenvalue weighted by atomic mass is 35.5. The molecule has 1 heterocycles. The normalized spacial score (nSPS) is 11.6. The number of nitrogens with zero attached hydrogens (tertiary/aromatic N) is 1. The van der Waals surface area contributed by atoms with E-state index in [0.29, 0.717) is 32.7 Å². The van der Waals surface area contributed by atoms with Crippen LogP contribution in [0, 0.1) is 0 Å². The summed E-state index contributed by atoms with van der Waals surface area (Å²) < 4.78 is 0. The zero-order valence-electron chi connectivity index (χ0n) is 14.6. The summed E-state index contributed by atoms with van der Waals surface area (Å²) >= 11 is 13.6. The zero-order valence-corrected chi connectivity index (χ0v) is 16.9. The summed E-state index contributed by atoms with van der Waals surface area (Å²) in [6, 6.07) is 3.36. The van der Waals surface area contributed by atoms with Gasteiger partial charge in [-0.3, -0.25) is 4.79 Å². The monoisotopic (exact) mass is 444 g/mol. The minimum atomic E-state index is -1.16.